The zero-order chi connectivity index (χ0) is 13.5. The first-order valence-electron chi connectivity index (χ1n) is 6.52. The number of aromatic amines is 1. The van der Waals surface area contributed by atoms with Gasteiger partial charge in [0, 0.05) is 17.4 Å². The Kier molecular flexibility index (Phi) is 3.35. The lowest BCUT2D eigenvalue weighted by atomic mass is 10.1. The van der Waals surface area contributed by atoms with Crippen molar-refractivity contribution in [2.75, 3.05) is 12.9 Å². The van der Waals surface area contributed by atoms with Crippen LogP contribution in [0.4, 0.5) is 0 Å². The first-order chi connectivity index (χ1) is 9.11. The number of H-pyrrole nitrogens is 1. The Hall–Kier alpha value is -0.940. The maximum atomic E-state index is 5.47. The van der Waals surface area contributed by atoms with Gasteiger partial charge in [-0.2, -0.15) is 11.8 Å². The number of benzene rings is 1. The van der Waals surface area contributed by atoms with E-state index in [-0.39, 0.29) is 0 Å². The molecular weight excluding hydrogens is 276 g/mol. The fraction of sp³-hybridized carbons (Fsp3) is 0.500. The van der Waals surface area contributed by atoms with Crippen LogP contribution in [0.25, 0.3) is 11.0 Å². The Morgan fingerprint density at radius 1 is 1.53 bits per heavy atom. The van der Waals surface area contributed by atoms with Gasteiger partial charge < -0.3 is 14.3 Å². The average Bonchev–Trinajstić information content (AvgIpc) is 2.95. The molecule has 1 unspecified atom stereocenters. The van der Waals surface area contributed by atoms with E-state index < -0.39 is 0 Å². The summed E-state index contributed by atoms with van der Waals surface area (Å²) in [6.45, 7) is 3.32. The monoisotopic (exact) mass is 294 g/mol. The largest absolute Gasteiger partial charge is 0.497 e. The van der Waals surface area contributed by atoms with E-state index in [4.69, 9.17) is 17.0 Å². The number of hydrogen-bond donors (Lipinski definition) is 1. The summed E-state index contributed by atoms with van der Waals surface area (Å²) < 4.78 is 8.60. The predicted molar refractivity (Wildman–Crippen MR) is 83.8 cm³/mol. The highest BCUT2D eigenvalue weighted by Crippen LogP contribution is 2.39. The summed E-state index contributed by atoms with van der Waals surface area (Å²) >= 11 is 7.54. The summed E-state index contributed by atoms with van der Waals surface area (Å²) in [4.78, 5) is 3.28. The Morgan fingerprint density at radius 2 is 2.37 bits per heavy atom. The second-order valence-corrected chi connectivity index (χ2v) is 7.37. The standard InChI is InChI=1S/C14H18N2OS2/c1-14(6-3-7-19-14)9-16-12-5-4-10(17-2)8-11(12)15-13(16)18/h4-5,8H,3,6-7,9H2,1-2H3,(H,15,18). The van der Waals surface area contributed by atoms with Gasteiger partial charge in [-0.25, -0.2) is 0 Å². The molecule has 1 aliphatic rings. The maximum Gasteiger partial charge on any atom is 0.178 e. The van der Waals surface area contributed by atoms with Gasteiger partial charge in [0.25, 0.3) is 0 Å². The molecule has 0 bridgehead atoms. The van der Waals surface area contributed by atoms with Crippen LogP contribution in [-0.2, 0) is 6.54 Å². The van der Waals surface area contributed by atoms with Crippen molar-refractivity contribution in [1.29, 1.82) is 0 Å². The van der Waals surface area contributed by atoms with Crippen molar-refractivity contribution < 1.29 is 4.74 Å². The van der Waals surface area contributed by atoms with E-state index in [0.29, 0.717) is 4.75 Å². The molecule has 1 fully saturated rings. The smallest absolute Gasteiger partial charge is 0.178 e. The zero-order valence-electron chi connectivity index (χ0n) is 11.2. The van der Waals surface area contributed by atoms with E-state index in [1.165, 1.54) is 24.1 Å². The third kappa shape index (κ3) is 2.41. The summed E-state index contributed by atoms with van der Waals surface area (Å²) in [5.74, 6) is 2.12. The van der Waals surface area contributed by atoms with E-state index in [1.807, 2.05) is 12.1 Å². The normalized spacial score (nSPS) is 23.1. The second kappa shape index (κ2) is 4.87. The van der Waals surface area contributed by atoms with Gasteiger partial charge in [-0.3, -0.25) is 0 Å². The van der Waals surface area contributed by atoms with Crippen LogP contribution in [0.15, 0.2) is 18.2 Å². The van der Waals surface area contributed by atoms with Gasteiger partial charge in [-0.15, -0.1) is 0 Å². The Labute approximate surface area is 122 Å². The molecule has 19 heavy (non-hydrogen) atoms. The third-order valence-corrected chi connectivity index (χ3v) is 5.62. The minimum Gasteiger partial charge on any atom is -0.497 e. The van der Waals surface area contributed by atoms with Crippen LogP contribution in [0.2, 0.25) is 0 Å². The van der Waals surface area contributed by atoms with Crippen LogP contribution in [0.5, 0.6) is 5.75 Å². The molecule has 0 saturated carbocycles. The summed E-state index contributed by atoms with van der Waals surface area (Å²) in [5.41, 5.74) is 2.22. The molecule has 1 aliphatic heterocycles. The van der Waals surface area contributed by atoms with Gasteiger partial charge in [0.05, 0.1) is 18.1 Å². The first-order valence-corrected chi connectivity index (χ1v) is 7.91. The number of fused-ring (bicyclic) bond motifs is 1. The van der Waals surface area contributed by atoms with Crippen LogP contribution in [-0.4, -0.2) is 27.2 Å². The van der Waals surface area contributed by atoms with Crippen molar-refractivity contribution in [2.24, 2.45) is 0 Å². The number of ether oxygens (including phenoxy) is 1. The molecule has 2 aromatic rings. The van der Waals surface area contributed by atoms with Gasteiger partial charge in [0.15, 0.2) is 4.77 Å². The molecule has 102 valence electrons. The van der Waals surface area contributed by atoms with Crippen LogP contribution in [0, 0.1) is 4.77 Å². The number of rotatable bonds is 3. The van der Waals surface area contributed by atoms with Crippen molar-refractivity contribution in [1.82, 2.24) is 9.55 Å². The van der Waals surface area contributed by atoms with Gasteiger partial charge in [-0.05, 0) is 49.9 Å². The quantitative estimate of drug-likeness (QED) is 0.868. The number of nitrogens with one attached hydrogen (secondary N) is 1. The number of methoxy groups -OCH3 is 1. The van der Waals surface area contributed by atoms with Crippen molar-refractivity contribution in [3.63, 3.8) is 0 Å². The molecule has 1 aromatic carbocycles. The molecule has 1 saturated heterocycles. The van der Waals surface area contributed by atoms with E-state index in [9.17, 15) is 0 Å². The minimum absolute atomic E-state index is 0.313. The van der Waals surface area contributed by atoms with E-state index >= 15 is 0 Å². The van der Waals surface area contributed by atoms with E-state index in [2.05, 4.69) is 34.3 Å². The molecule has 2 heterocycles. The van der Waals surface area contributed by atoms with Gasteiger partial charge in [0.1, 0.15) is 5.75 Å². The number of hydrogen-bond acceptors (Lipinski definition) is 3. The average molecular weight is 294 g/mol. The van der Waals surface area contributed by atoms with E-state index in [0.717, 1.165) is 22.6 Å². The Morgan fingerprint density at radius 3 is 3.05 bits per heavy atom. The zero-order valence-corrected chi connectivity index (χ0v) is 12.9. The lowest BCUT2D eigenvalue weighted by Crippen LogP contribution is -2.23. The molecule has 3 rings (SSSR count). The van der Waals surface area contributed by atoms with Gasteiger partial charge in [-0.1, -0.05) is 0 Å². The molecular formula is C14H18N2OS2. The topological polar surface area (TPSA) is 29.9 Å². The molecule has 1 aromatic heterocycles. The van der Waals surface area contributed by atoms with E-state index in [1.54, 1.807) is 7.11 Å². The first kappa shape index (κ1) is 13.1. The second-order valence-electron chi connectivity index (χ2n) is 5.30. The summed E-state index contributed by atoms with van der Waals surface area (Å²) in [6.07, 6.45) is 2.58. The van der Waals surface area contributed by atoms with Gasteiger partial charge in [0.2, 0.25) is 0 Å². The fourth-order valence-corrected chi connectivity index (χ4v) is 4.29. The Bertz CT molecular complexity index is 653. The molecule has 5 heteroatoms. The molecule has 1 N–H and O–H groups in total. The third-order valence-electron chi connectivity index (χ3n) is 3.77. The summed E-state index contributed by atoms with van der Waals surface area (Å²) in [5, 5.41) is 0. The highest BCUT2D eigenvalue weighted by atomic mass is 32.2. The van der Waals surface area contributed by atoms with Crippen molar-refractivity contribution in [3.05, 3.63) is 23.0 Å². The van der Waals surface area contributed by atoms with Crippen LogP contribution >= 0.6 is 24.0 Å². The SMILES string of the molecule is COc1ccc2c(c1)[nH]c(=S)n2CC1(C)CCCS1. The van der Waals surface area contributed by atoms with Crippen molar-refractivity contribution >= 4 is 35.0 Å². The lowest BCUT2D eigenvalue weighted by molar-refractivity contribution is 0.415. The summed E-state index contributed by atoms with van der Waals surface area (Å²) in [7, 11) is 1.68. The highest BCUT2D eigenvalue weighted by molar-refractivity contribution is 8.00. The van der Waals surface area contributed by atoms with Crippen LogP contribution in [0.3, 0.4) is 0 Å². The molecule has 1 atom stereocenters. The highest BCUT2D eigenvalue weighted by Gasteiger charge is 2.30. The molecule has 0 aliphatic carbocycles. The molecule has 3 nitrogen and oxygen atoms in total. The predicted octanol–water partition coefficient (Wildman–Crippen LogP) is 3.99. The minimum atomic E-state index is 0.313. The van der Waals surface area contributed by atoms with Crippen molar-refractivity contribution in [3.8, 4) is 5.75 Å². The molecule has 0 amide bonds. The lowest BCUT2D eigenvalue weighted by Gasteiger charge is -2.23. The fourth-order valence-electron chi connectivity index (χ4n) is 2.72. The van der Waals surface area contributed by atoms with Crippen LogP contribution in [0.1, 0.15) is 19.8 Å². The van der Waals surface area contributed by atoms with Crippen molar-refractivity contribution in [2.45, 2.75) is 31.1 Å². The number of nitrogens with zero attached hydrogens (tertiary/aromatic N) is 1. The molecule has 0 spiro atoms. The number of imidazole rings is 1. The summed E-state index contributed by atoms with van der Waals surface area (Å²) in [6, 6.07) is 6.08. The maximum absolute atomic E-state index is 5.47. The number of thioether (sulfide) groups is 1. The molecule has 0 radical (unpaired) electrons. The van der Waals surface area contributed by atoms with Gasteiger partial charge >= 0.3 is 0 Å². The number of aromatic nitrogens is 2. The Balaban J connectivity index is 2.03. The van der Waals surface area contributed by atoms with Crippen LogP contribution < -0.4 is 4.74 Å².